The number of rotatable bonds is 12. The van der Waals surface area contributed by atoms with Crippen LogP contribution in [0.5, 0.6) is 0 Å². The first-order chi connectivity index (χ1) is 12.6. The number of nitrogens with zero attached hydrogens (tertiary/aromatic N) is 1. The minimum atomic E-state index is -1.25. The van der Waals surface area contributed by atoms with Crippen LogP contribution < -0.4 is 0 Å². The van der Waals surface area contributed by atoms with Crippen molar-refractivity contribution in [1.29, 1.82) is 0 Å². The van der Waals surface area contributed by atoms with Crippen molar-refractivity contribution in [3.05, 3.63) is 0 Å². The van der Waals surface area contributed by atoms with E-state index in [2.05, 4.69) is 5.16 Å². The predicted molar refractivity (Wildman–Crippen MR) is 93.8 cm³/mol. The molecule has 0 aromatic carbocycles. The molecule has 0 aromatic heterocycles. The van der Waals surface area contributed by atoms with E-state index < -0.39 is 30.9 Å². The van der Waals surface area contributed by atoms with Gasteiger partial charge in [0.15, 0.2) is 6.10 Å². The van der Waals surface area contributed by atoms with E-state index in [4.69, 9.17) is 21.2 Å². The highest BCUT2D eigenvalue weighted by molar-refractivity contribution is 5.92. The third-order valence-electron chi connectivity index (χ3n) is 4.41. The lowest BCUT2D eigenvalue weighted by Crippen LogP contribution is -2.53. The third kappa shape index (κ3) is 8.16. The highest BCUT2D eigenvalue weighted by Crippen LogP contribution is 2.18. The van der Waals surface area contributed by atoms with Crippen LogP contribution >= 0.6 is 0 Å². The summed E-state index contributed by atoms with van der Waals surface area (Å²) < 4.78 is 17.4. The molecule has 7 heteroatoms. The minimum Gasteiger partial charge on any atom is -0.453 e. The molecule has 0 amide bonds. The molecule has 3 N–H and O–H groups in total. The fourth-order valence-electron chi connectivity index (χ4n) is 2.86. The van der Waals surface area contributed by atoms with Crippen LogP contribution in [0.15, 0.2) is 5.16 Å². The van der Waals surface area contributed by atoms with Crippen molar-refractivity contribution < 1.29 is 31.1 Å². The summed E-state index contributed by atoms with van der Waals surface area (Å²) in [5.74, 6) is -0.454. The van der Waals surface area contributed by atoms with Crippen molar-refractivity contribution in [2.24, 2.45) is 5.16 Å². The summed E-state index contributed by atoms with van der Waals surface area (Å²) in [5.41, 5.74) is 0.0426. The zero-order valence-electron chi connectivity index (χ0n) is 15.9. The summed E-state index contributed by atoms with van der Waals surface area (Å²) >= 11 is 0. The number of carbonyl (C=O) groups is 1. The summed E-state index contributed by atoms with van der Waals surface area (Å²) in [7, 11) is 0. The zero-order chi connectivity index (χ0) is 19.2. The number of esters is 1. The number of hydrogen-bond donors (Lipinski definition) is 3. The topological polar surface area (TPSA) is 109 Å². The lowest BCUT2D eigenvalue weighted by Gasteiger charge is -2.33. The fourth-order valence-corrected chi connectivity index (χ4v) is 2.86. The Kier molecular flexibility index (Phi) is 10.5. The molecule has 0 radical (unpaired) electrons. The number of unbranched alkanes of at least 4 members (excludes halogenated alkanes) is 8. The molecule has 1 aliphatic rings. The van der Waals surface area contributed by atoms with Gasteiger partial charge in [-0.3, -0.25) is 4.79 Å². The quantitative estimate of drug-likeness (QED) is 0.213. The van der Waals surface area contributed by atoms with Crippen LogP contribution in [0.1, 0.15) is 72.5 Å². The number of aliphatic hydroxyl groups excluding tert-OH is 2. The lowest BCUT2D eigenvalue weighted by molar-refractivity contribution is -0.161. The van der Waals surface area contributed by atoms with Crippen LogP contribution in [0.4, 0.5) is 0 Å². The third-order valence-corrected chi connectivity index (χ3v) is 4.41. The highest BCUT2D eigenvalue weighted by atomic mass is 16.6. The number of oxime groups is 1. The Bertz CT molecular complexity index is 420. The van der Waals surface area contributed by atoms with Crippen molar-refractivity contribution in [2.45, 2.75) is 89.4 Å². The van der Waals surface area contributed by atoms with E-state index in [1.165, 1.54) is 19.3 Å². The van der Waals surface area contributed by atoms with Gasteiger partial charge < -0.3 is 24.9 Å². The molecule has 1 heterocycles. The van der Waals surface area contributed by atoms with Gasteiger partial charge in [0.05, 0.1) is 13.2 Å². The smallest absolute Gasteiger partial charge is 0.306 e. The average Bonchev–Trinajstić information content (AvgIpc) is 2.64. The molecule has 0 spiro atoms. The molecule has 1 saturated heterocycles. The Morgan fingerprint density at radius 2 is 1.88 bits per heavy atom. The number of carbonyl (C=O) groups excluding carboxylic acids is 1. The van der Waals surface area contributed by atoms with Gasteiger partial charge in [-0.15, -0.1) is 0 Å². The van der Waals surface area contributed by atoms with Crippen LogP contribution in [-0.2, 0) is 14.3 Å². The molecule has 0 unspecified atom stereocenters. The fraction of sp³-hybridized carbons (Fsp3) is 0.889. The van der Waals surface area contributed by atoms with Crippen LogP contribution in [0.25, 0.3) is 0 Å². The Morgan fingerprint density at radius 1 is 1.24 bits per heavy atom. The zero-order valence-corrected chi connectivity index (χ0v) is 14.9. The van der Waals surface area contributed by atoms with Gasteiger partial charge in [0.25, 0.3) is 0 Å². The molecule has 0 aliphatic carbocycles. The first kappa shape index (κ1) is 20.1. The van der Waals surface area contributed by atoms with E-state index in [0.717, 1.165) is 32.1 Å². The first-order valence-corrected chi connectivity index (χ1v) is 9.24. The van der Waals surface area contributed by atoms with E-state index in [1.807, 2.05) is 0 Å². The molecular formula is C18H33NO6. The SMILES string of the molecule is [2H]CCCCCCCCCCCC(=O)O[C@@H]1C(=NO)CO[C@H](CO)[C@H]1O. The van der Waals surface area contributed by atoms with Gasteiger partial charge in [-0.1, -0.05) is 63.4 Å². The summed E-state index contributed by atoms with van der Waals surface area (Å²) in [6.07, 6.45) is 6.66. The Balaban J connectivity index is 2.15. The summed E-state index contributed by atoms with van der Waals surface area (Å²) in [6, 6.07) is 0. The van der Waals surface area contributed by atoms with E-state index in [1.54, 1.807) is 0 Å². The van der Waals surface area contributed by atoms with Gasteiger partial charge in [-0.05, 0) is 6.42 Å². The Morgan fingerprint density at radius 3 is 2.48 bits per heavy atom. The molecule has 1 aliphatic heterocycles. The van der Waals surface area contributed by atoms with Gasteiger partial charge in [-0.2, -0.15) is 0 Å². The standard InChI is InChI=1S/C18H33NO6/c1-2-3-4-5-6-7-8-9-10-11-16(21)25-18-14(19-23)13-24-15(12-20)17(18)22/h15,17-18,20,22-23H,2-13H2,1H3/t15-,17-,18-/m1/s1/i1D. The first-order valence-electron chi connectivity index (χ1n) is 9.94. The maximum Gasteiger partial charge on any atom is 0.306 e. The van der Waals surface area contributed by atoms with Crippen molar-refractivity contribution in [2.75, 3.05) is 13.2 Å². The molecule has 0 saturated carbocycles. The van der Waals surface area contributed by atoms with Gasteiger partial charge in [0, 0.05) is 7.79 Å². The van der Waals surface area contributed by atoms with Crippen LogP contribution in [0.2, 0.25) is 0 Å². The predicted octanol–water partition coefficient (Wildman–Crippen LogP) is 2.40. The molecular weight excluding hydrogens is 326 g/mol. The molecule has 0 aromatic rings. The minimum absolute atomic E-state index is 0.0426. The summed E-state index contributed by atoms with van der Waals surface area (Å²) in [5, 5.41) is 31.2. The van der Waals surface area contributed by atoms with E-state index >= 15 is 0 Å². The van der Waals surface area contributed by atoms with E-state index in [0.29, 0.717) is 13.3 Å². The summed E-state index contributed by atoms with van der Waals surface area (Å²) in [4.78, 5) is 12.0. The van der Waals surface area contributed by atoms with Crippen LogP contribution in [0.3, 0.4) is 0 Å². The van der Waals surface area contributed by atoms with Gasteiger partial charge in [0.2, 0.25) is 0 Å². The summed E-state index contributed by atoms with van der Waals surface area (Å²) in [6.45, 7) is 0.0167. The van der Waals surface area contributed by atoms with Crippen molar-refractivity contribution in [3.8, 4) is 0 Å². The molecule has 1 rings (SSSR count). The largest absolute Gasteiger partial charge is 0.453 e. The highest BCUT2D eigenvalue weighted by Gasteiger charge is 2.39. The number of aliphatic hydroxyl groups is 2. The Hall–Kier alpha value is -1.18. The van der Waals surface area contributed by atoms with Crippen molar-refractivity contribution >= 4 is 11.7 Å². The van der Waals surface area contributed by atoms with Gasteiger partial charge >= 0.3 is 5.97 Å². The Labute approximate surface area is 151 Å². The average molecular weight is 360 g/mol. The lowest BCUT2D eigenvalue weighted by atomic mass is 10.0. The number of hydrogen-bond acceptors (Lipinski definition) is 7. The van der Waals surface area contributed by atoms with Crippen molar-refractivity contribution in [1.82, 2.24) is 0 Å². The molecule has 146 valence electrons. The maximum absolute atomic E-state index is 12.0. The second-order valence-electron chi connectivity index (χ2n) is 6.46. The second-order valence-corrected chi connectivity index (χ2v) is 6.46. The molecule has 0 bridgehead atoms. The molecule has 25 heavy (non-hydrogen) atoms. The molecule has 3 atom stereocenters. The second kappa shape index (κ2) is 13.1. The van der Waals surface area contributed by atoms with Crippen molar-refractivity contribution in [3.63, 3.8) is 0 Å². The van der Waals surface area contributed by atoms with Crippen LogP contribution in [-0.4, -0.2) is 58.6 Å². The normalized spacial score (nSPS) is 25.8. The maximum atomic E-state index is 12.0. The monoisotopic (exact) mass is 360 g/mol. The van der Waals surface area contributed by atoms with Gasteiger partial charge in [0.1, 0.15) is 17.9 Å². The molecule has 1 fully saturated rings. The van der Waals surface area contributed by atoms with Gasteiger partial charge in [-0.25, -0.2) is 0 Å². The van der Waals surface area contributed by atoms with E-state index in [9.17, 15) is 9.90 Å². The number of ether oxygens (including phenoxy) is 2. The van der Waals surface area contributed by atoms with Crippen LogP contribution in [0, 0.1) is 0 Å². The van der Waals surface area contributed by atoms with E-state index in [-0.39, 0.29) is 18.7 Å². The molecule has 7 nitrogen and oxygen atoms in total.